The van der Waals surface area contributed by atoms with Gasteiger partial charge in [-0.15, -0.1) is 0 Å². The minimum Gasteiger partial charge on any atom is -0.496 e. The Morgan fingerprint density at radius 2 is 1.57 bits per heavy atom. The van der Waals surface area contributed by atoms with Gasteiger partial charge < -0.3 is 20.3 Å². The highest BCUT2D eigenvalue weighted by Gasteiger charge is 2.12. The molecule has 1 aromatic rings. The Kier molecular flexibility index (Phi) is 8.16. The third kappa shape index (κ3) is 5.94. The first-order valence-electron chi connectivity index (χ1n) is 7.72. The molecule has 0 aliphatic carbocycles. The van der Waals surface area contributed by atoms with Gasteiger partial charge in [0.05, 0.1) is 14.2 Å². The van der Waals surface area contributed by atoms with Crippen molar-refractivity contribution in [3.05, 3.63) is 23.3 Å². The molecule has 0 saturated carbocycles. The highest BCUT2D eigenvalue weighted by molar-refractivity contribution is 5.47. The van der Waals surface area contributed by atoms with Crippen molar-refractivity contribution in [2.24, 2.45) is 5.73 Å². The second kappa shape index (κ2) is 9.64. The molecule has 0 aliphatic rings. The Labute approximate surface area is 128 Å². The molecule has 0 bridgehead atoms. The van der Waals surface area contributed by atoms with Crippen molar-refractivity contribution >= 4 is 0 Å². The summed E-state index contributed by atoms with van der Waals surface area (Å²) >= 11 is 0. The fourth-order valence-corrected chi connectivity index (χ4v) is 2.51. The van der Waals surface area contributed by atoms with Gasteiger partial charge in [-0.25, -0.2) is 0 Å². The Balaban J connectivity index is 2.78. The maximum Gasteiger partial charge on any atom is 0.122 e. The minimum absolute atomic E-state index is 0.0907. The lowest BCUT2D eigenvalue weighted by molar-refractivity contribution is 0.282. The van der Waals surface area contributed by atoms with Crippen molar-refractivity contribution in [3.63, 3.8) is 0 Å². The van der Waals surface area contributed by atoms with Gasteiger partial charge in [-0.3, -0.25) is 0 Å². The highest BCUT2D eigenvalue weighted by Crippen LogP contribution is 2.30. The number of hydrogen-bond donors (Lipinski definition) is 2. The summed E-state index contributed by atoms with van der Waals surface area (Å²) in [6, 6.07) is 4.21. The van der Waals surface area contributed by atoms with Gasteiger partial charge in [-0.1, -0.05) is 12.8 Å². The standard InChI is InChI=1S/C17H29NO3/c1-13(18)10-15-12-16(20-2)14(11-17(15)21-3)8-6-4-5-7-9-19/h11-13,19H,4-10,18H2,1-3H3. The summed E-state index contributed by atoms with van der Waals surface area (Å²) in [5.41, 5.74) is 8.15. The van der Waals surface area contributed by atoms with E-state index in [1.54, 1.807) is 14.2 Å². The maximum atomic E-state index is 8.79. The molecular weight excluding hydrogens is 266 g/mol. The van der Waals surface area contributed by atoms with Gasteiger partial charge in [0.15, 0.2) is 0 Å². The second-order valence-corrected chi connectivity index (χ2v) is 5.55. The van der Waals surface area contributed by atoms with E-state index in [1.807, 2.05) is 13.0 Å². The zero-order valence-corrected chi connectivity index (χ0v) is 13.5. The smallest absolute Gasteiger partial charge is 0.122 e. The highest BCUT2D eigenvalue weighted by atomic mass is 16.5. The summed E-state index contributed by atoms with van der Waals surface area (Å²) in [6.45, 7) is 2.27. The van der Waals surface area contributed by atoms with Crippen LogP contribution in [0.5, 0.6) is 11.5 Å². The van der Waals surface area contributed by atoms with Crippen molar-refractivity contribution in [1.29, 1.82) is 0 Å². The number of hydrogen-bond acceptors (Lipinski definition) is 4. The zero-order valence-electron chi connectivity index (χ0n) is 13.5. The number of aryl methyl sites for hydroxylation is 1. The molecule has 0 amide bonds. The number of nitrogens with two attached hydrogens (primary N) is 1. The molecule has 4 heteroatoms. The van der Waals surface area contributed by atoms with E-state index in [9.17, 15) is 0 Å². The summed E-state index contributed by atoms with van der Waals surface area (Å²) < 4.78 is 11.0. The SMILES string of the molecule is COc1cc(CC(C)N)c(OC)cc1CCCCCCO. The fraction of sp³-hybridized carbons (Fsp3) is 0.647. The molecule has 0 spiro atoms. The van der Waals surface area contributed by atoms with Crippen LogP contribution in [0.1, 0.15) is 43.7 Å². The van der Waals surface area contributed by atoms with E-state index in [4.69, 9.17) is 20.3 Å². The first-order valence-corrected chi connectivity index (χ1v) is 7.72. The van der Waals surface area contributed by atoms with E-state index >= 15 is 0 Å². The van der Waals surface area contributed by atoms with Crippen LogP contribution in [-0.2, 0) is 12.8 Å². The fourth-order valence-electron chi connectivity index (χ4n) is 2.51. The molecule has 21 heavy (non-hydrogen) atoms. The molecule has 1 rings (SSSR count). The number of aliphatic hydroxyl groups is 1. The van der Waals surface area contributed by atoms with Gasteiger partial charge in [0.1, 0.15) is 11.5 Å². The van der Waals surface area contributed by atoms with Crippen LogP contribution in [0.4, 0.5) is 0 Å². The molecule has 1 unspecified atom stereocenters. The quantitative estimate of drug-likeness (QED) is 0.651. The van der Waals surface area contributed by atoms with Crippen LogP contribution in [0.15, 0.2) is 12.1 Å². The molecule has 1 aromatic carbocycles. The molecule has 0 radical (unpaired) electrons. The molecular formula is C17H29NO3. The van der Waals surface area contributed by atoms with Gasteiger partial charge in [0.2, 0.25) is 0 Å². The first kappa shape index (κ1) is 17.8. The second-order valence-electron chi connectivity index (χ2n) is 5.55. The lowest BCUT2D eigenvalue weighted by Gasteiger charge is -2.16. The van der Waals surface area contributed by atoms with Crippen molar-refractivity contribution in [2.45, 2.75) is 51.5 Å². The predicted octanol–water partition coefficient (Wildman–Crippen LogP) is 2.69. The molecule has 1 atom stereocenters. The average molecular weight is 295 g/mol. The van der Waals surface area contributed by atoms with Gasteiger partial charge in [0, 0.05) is 12.6 Å². The topological polar surface area (TPSA) is 64.7 Å². The van der Waals surface area contributed by atoms with Crippen LogP contribution in [0.25, 0.3) is 0 Å². The third-order valence-corrected chi connectivity index (χ3v) is 3.58. The molecule has 120 valence electrons. The third-order valence-electron chi connectivity index (χ3n) is 3.58. The Morgan fingerprint density at radius 1 is 1.00 bits per heavy atom. The van der Waals surface area contributed by atoms with Gasteiger partial charge in [0.25, 0.3) is 0 Å². The summed E-state index contributed by atoms with van der Waals surface area (Å²) in [5.74, 6) is 1.80. The number of aliphatic hydroxyl groups excluding tert-OH is 1. The largest absolute Gasteiger partial charge is 0.496 e. The van der Waals surface area contributed by atoms with E-state index in [0.29, 0.717) is 0 Å². The van der Waals surface area contributed by atoms with Crippen LogP contribution in [0.2, 0.25) is 0 Å². The molecule has 0 saturated heterocycles. The Bertz CT molecular complexity index is 419. The van der Waals surface area contributed by atoms with E-state index in [-0.39, 0.29) is 12.6 Å². The maximum absolute atomic E-state index is 8.79. The van der Waals surface area contributed by atoms with Crippen molar-refractivity contribution in [1.82, 2.24) is 0 Å². The van der Waals surface area contributed by atoms with E-state index < -0.39 is 0 Å². The lowest BCUT2D eigenvalue weighted by Crippen LogP contribution is -2.18. The molecule has 0 heterocycles. The lowest BCUT2D eigenvalue weighted by atomic mass is 9.99. The molecule has 4 nitrogen and oxygen atoms in total. The van der Waals surface area contributed by atoms with Crippen LogP contribution in [0.3, 0.4) is 0 Å². The number of ether oxygens (including phenoxy) is 2. The number of methoxy groups -OCH3 is 2. The van der Waals surface area contributed by atoms with Crippen LogP contribution in [-0.4, -0.2) is 32.0 Å². The van der Waals surface area contributed by atoms with E-state index in [0.717, 1.165) is 55.6 Å². The molecule has 0 fully saturated rings. The van der Waals surface area contributed by atoms with Crippen LogP contribution in [0, 0.1) is 0 Å². The molecule has 0 aromatic heterocycles. The number of rotatable bonds is 10. The van der Waals surface area contributed by atoms with Gasteiger partial charge in [-0.2, -0.15) is 0 Å². The van der Waals surface area contributed by atoms with Crippen molar-refractivity contribution in [3.8, 4) is 11.5 Å². The van der Waals surface area contributed by atoms with Crippen LogP contribution < -0.4 is 15.2 Å². The number of benzene rings is 1. The monoisotopic (exact) mass is 295 g/mol. The number of unbranched alkanes of at least 4 members (excludes halogenated alkanes) is 3. The van der Waals surface area contributed by atoms with E-state index in [2.05, 4.69) is 6.07 Å². The molecule has 0 aliphatic heterocycles. The van der Waals surface area contributed by atoms with Crippen molar-refractivity contribution < 1.29 is 14.6 Å². The van der Waals surface area contributed by atoms with E-state index in [1.165, 1.54) is 5.56 Å². The Hall–Kier alpha value is -1.26. The summed E-state index contributed by atoms with van der Waals surface area (Å²) in [5, 5.41) is 8.79. The molecule has 3 N–H and O–H groups in total. The predicted molar refractivity (Wildman–Crippen MR) is 86.2 cm³/mol. The summed E-state index contributed by atoms with van der Waals surface area (Å²) in [6.07, 6.45) is 5.89. The summed E-state index contributed by atoms with van der Waals surface area (Å²) in [4.78, 5) is 0. The first-order chi connectivity index (χ1) is 10.1. The average Bonchev–Trinajstić information content (AvgIpc) is 2.47. The van der Waals surface area contributed by atoms with Gasteiger partial charge in [-0.05, 0) is 55.9 Å². The van der Waals surface area contributed by atoms with Crippen molar-refractivity contribution in [2.75, 3.05) is 20.8 Å². The zero-order chi connectivity index (χ0) is 15.7. The minimum atomic E-state index is 0.0907. The summed E-state index contributed by atoms with van der Waals surface area (Å²) in [7, 11) is 3.39. The van der Waals surface area contributed by atoms with Crippen LogP contribution >= 0.6 is 0 Å². The van der Waals surface area contributed by atoms with Gasteiger partial charge >= 0.3 is 0 Å². The Morgan fingerprint density at radius 3 is 2.14 bits per heavy atom. The normalized spacial score (nSPS) is 12.2.